The van der Waals surface area contributed by atoms with Crippen molar-refractivity contribution in [3.8, 4) is 0 Å². The van der Waals surface area contributed by atoms with Gasteiger partial charge in [0.1, 0.15) is 11.0 Å². The second kappa shape index (κ2) is 5.52. The molecule has 0 bridgehead atoms. The molecule has 0 saturated carbocycles. The second-order valence-corrected chi connectivity index (χ2v) is 5.21. The van der Waals surface area contributed by atoms with Crippen molar-refractivity contribution in [2.75, 3.05) is 11.9 Å². The molecule has 1 aromatic rings. The van der Waals surface area contributed by atoms with E-state index in [1.54, 1.807) is 0 Å². The number of aryl methyl sites for hydroxylation is 2. The van der Waals surface area contributed by atoms with Gasteiger partial charge in [0, 0.05) is 23.6 Å². The van der Waals surface area contributed by atoms with Crippen LogP contribution >= 0.6 is 12.2 Å². The van der Waals surface area contributed by atoms with Crippen LogP contribution in [-0.2, 0) is 4.79 Å². The topological polar surface area (TPSA) is 80.0 Å². The van der Waals surface area contributed by atoms with Crippen molar-refractivity contribution < 1.29 is 4.79 Å². The van der Waals surface area contributed by atoms with Crippen LogP contribution in [0.1, 0.15) is 29.8 Å². The Morgan fingerprint density at radius 1 is 1.58 bits per heavy atom. The Bertz CT molecular complexity index is 530. The predicted molar refractivity (Wildman–Crippen MR) is 79.3 cm³/mol. The van der Waals surface area contributed by atoms with Crippen LogP contribution in [0.4, 0.5) is 5.69 Å². The lowest BCUT2D eigenvalue weighted by Crippen LogP contribution is -2.44. The van der Waals surface area contributed by atoms with E-state index in [2.05, 4.69) is 15.6 Å². The largest absolute Gasteiger partial charge is 0.389 e. The van der Waals surface area contributed by atoms with Crippen LogP contribution < -0.4 is 16.4 Å². The van der Waals surface area contributed by atoms with E-state index < -0.39 is 0 Å². The molecule has 1 atom stereocenters. The van der Waals surface area contributed by atoms with Gasteiger partial charge in [-0.1, -0.05) is 12.2 Å². The van der Waals surface area contributed by atoms with Gasteiger partial charge >= 0.3 is 0 Å². The molecular formula is C13H18N4OS. The Balaban J connectivity index is 2.33. The molecule has 1 fully saturated rings. The van der Waals surface area contributed by atoms with Crippen LogP contribution in [0.5, 0.6) is 0 Å². The standard InChI is InChI=1S/C13H18N4OS/c1-7-6-10(11(12(14)19)8(2)16-7)17-9-4-3-5-15-13(9)18/h6,9H,3-5H2,1-2H3,(H2,14,19)(H,15,18)(H,16,17). The molecule has 1 amide bonds. The van der Waals surface area contributed by atoms with Gasteiger partial charge in [-0.05, 0) is 32.8 Å². The molecule has 102 valence electrons. The fourth-order valence-electron chi connectivity index (χ4n) is 2.35. The number of anilines is 1. The number of nitrogens with one attached hydrogen (secondary N) is 2. The molecule has 19 heavy (non-hydrogen) atoms. The SMILES string of the molecule is Cc1cc(NC2CCCNC2=O)c(C(N)=S)c(C)n1. The molecule has 0 aromatic carbocycles. The summed E-state index contributed by atoms with van der Waals surface area (Å²) < 4.78 is 0. The first-order valence-corrected chi connectivity index (χ1v) is 6.72. The summed E-state index contributed by atoms with van der Waals surface area (Å²) in [7, 11) is 0. The molecule has 1 aromatic heterocycles. The molecular weight excluding hydrogens is 260 g/mol. The molecule has 0 spiro atoms. The van der Waals surface area contributed by atoms with E-state index in [0.29, 0.717) is 4.99 Å². The lowest BCUT2D eigenvalue weighted by Gasteiger charge is -2.25. The van der Waals surface area contributed by atoms with E-state index in [0.717, 1.165) is 42.0 Å². The molecule has 4 N–H and O–H groups in total. The number of nitrogens with two attached hydrogens (primary N) is 1. The Labute approximate surface area is 118 Å². The number of nitrogens with zero attached hydrogens (tertiary/aromatic N) is 1. The molecule has 1 unspecified atom stereocenters. The van der Waals surface area contributed by atoms with Crippen molar-refractivity contribution >= 4 is 28.8 Å². The third kappa shape index (κ3) is 3.01. The molecule has 1 aliphatic rings. The maximum Gasteiger partial charge on any atom is 0.242 e. The van der Waals surface area contributed by atoms with Crippen LogP contribution in [0, 0.1) is 13.8 Å². The zero-order valence-electron chi connectivity index (χ0n) is 11.1. The maximum atomic E-state index is 11.8. The summed E-state index contributed by atoms with van der Waals surface area (Å²) in [5.41, 5.74) is 8.92. The van der Waals surface area contributed by atoms with Crippen molar-refractivity contribution in [2.45, 2.75) is 32.7 Å². The van der Waals surface area contributed by atoms with Crippen LogP contribution in [0.2, 0.25) is 0 Å². The summed E-state index contributed by atoms with van der Waals surface area (Å²) in [6.45, 7) is 4.52. The van der Waals surface area contributed by atoms with Crippen molar-refractivity contribution in [3.63, 3.8) is 0 Å². The fourth-order valence-corrected chi connectivity index (χ4v) is 2.61. The van der Waals surface area contributed by atoms with Gasteiger partial charge in [-0.25, -0.2) is 0 Å². The summed E-state index contributed by atoms with van der Waals surface area (Å²) in [5.74, 6) is 0.0206. The molecule has 0 radical (unpaired) electrons. The second-order valence-electron chi connectivity index (χ2n) is 4.77. The average molecular weight is 278 g/mol. The predicted octanol–water partition coefficient (Wildman–Crippen LogP) is 1.02. The molecule has 1 saturated heterocycles. The number of carbonyl (C=O) groups excluding carboxylic acids is 1. The summed E-state index contributed by atoms with van der Waals surface area (Å²) in [4.78, 5) is 16.5. The van der Waals surface area contributed by atoms with E-state index in [4.69, 9.17) is 18.0 Å². The van der Waals surface area contributed by atoms with E-state index in [1.165, 1.54) is 0 Å². The zero-order chi connectivity index (χ0) is 14.0. The Kier molecular flexibility index (Phi) is 3.99. The molecule has 0 aliphatic carbocycles. The zero-order valence-corrected chi connectivity index (χ0v) is 11.9. The lowest BCUT2D eigenvalue weighted by molar-refractivity contribution is -0.123. The molecule has 6 heteroatoms. The number of hydrogen-bond donors (Lipinski definition) is 3. The van der Waals surface area contributed by atoms with E-state index in [-0.39, 0.29) is 11.9 Å². The normalized spacial score (nSPS) is 18.8. The summed E-state index contributed by atoms with van der Waals surface area (Å²) in [6, 6.07) is 1.65. The van der Waals surface area contributed by atoms with Gasteiger partial charge in [0.15, 0.2) is 0 Å². The Hall–Kier alpha value is -1.69. The van der Waals surface area contributed by atoms with Crippen molar-refractivity contribution in [3.05, 3.63) is 23.0 Å². The highest BCUT2D eigenvalue weighted by Crippen LogP contribution is 2.22. The third-order valence-electron chi connectivity index (χ3n) is 3.19. The molecule has 5 nitrogen and oxygen atoms in total. The van der Waals surface area contributed by atoms with Gasteiger partial charge in [0.2, 0.25) is 5.91 Å². The number of thiocarbonyl (C=S) groups is 1. The maximum absolute atomic E-state index is 11.8. The average Bonchev–Trinajstić information content (AvgIpc) is 2.30. The fraction of sp³-hybridized carbons (Fsp3) is 0.462. The van der Waals surface area contributed by atoms with E-state index >= 15 is 0 Å². The molecule has 2 rings (SSSR count). The van der Waals surface area contributed by atoms with Gasteiger partial charge in [0.05, 0.1) is 5.56 Å². The quantitative estimate of drug-likeness (QED) is 0.719. The minimum Gasteiger partial charge on any atom is -0.389 e. The van der Waals surface area contributed by atoms with Gasteiger partial charge < -0.3 is 16.4 Å². The Morgan fingerprint density at radius 2 is 2.32 bits per heavy atom. The number of carbonyl (C=O) groups is 1. The first-order valence-electron chi connectivity index (χ1n) is 6.31. The number of amides is 1. The Morgan fingerprint density at radius 3 is 2.95 bits per heavy atom. The lowest BCUT2D eigenvalue weighted by atomic mass is 10.0. The van der Waals surface area contributed by atoms with Gasteiger partial charge in [-0.15, -0.1) is 0 Å². The number of hydrogen-bond acceptors (Lipinski definition) is 4. The van der Waals surface area contributed by atoms with Crippen LogP contribution in [0.15, 0.2) is 6.07 Å². The first-order chi connectivity index (χ1) is 8.99. The van der Waals surface area contributed by atoms with E-state index in [1.807, 2.05) is 19.9 Å². The summed E-state index contributed by atoms with van der Waals surface area (Å²) in [5, 5.41) is 6.09. The minimum atomic E-state index is -0.233. The van der Waals surface area contributed by atoms with Crippen molar-refractivity contribution in [1.82, 2.24) is 10.3 Å². The highest BCUT2D eigenvalue weighted by molar-refractivity contribution is 7.80. The highest BCUT2D eigenvalue weighted by Gasteiger charge is 2.23. The highest BCUT2D eigenvalue weighted by atomic mass is 32.1. The smallest absolute Gasteiger partial charge is 0.242 e. The number of aromatic nitrogens is 1. The number of piperidine rings is 1. The summed E-state index contributed by atoms with van der Waals surface area (Å²) in [6.07, 6.45) is 1.78. The number of pyridine rings is 1. The van der Waals surface area contributed by atoms with Crippen LogP contribution in [0.3, 0.4) is 0 Å². The van der Waals surface area contributed by atoms with Crippen molar-refractivity contribution in [2.24, 2.45) is 5.73 Å². The van der Waals surface area contributed by atoms with Crippen LogP contribution in [0.25, 0.3) is 0 Å². The van der Waals surface area contributed by atoms with Gasteiger partial charge in [-0.3, -0.25) is 9.78 Å². The summed E-state index contributed by atoms with van der Waals surface area (Å²) >= 11 is 5.07. The number of rotatable bonds is 3. The van der Waals surface area contributed by atoms with Crippen molar-refractivity contribution in [1.29, 1.82) is 0 Å². The van der Waals surface area contributed by atoms with E-state index in [9.17, 15) is 4.79 Å². The third-order valence-corrected chi connectivity index (χ3v) is 3.39. The molecule has 2 heterocycles. The van der Waals surface area contributed by atoms with Crippen LogP contribution in [-0.4, -0.2) is 28.5 Å². The van der Waals surface area contributed by atoms with Gasteiger partial charge in [0.25, 0.3) is 0 Å². The monoisotopic (exact) mass is 278 g/mol. The molecule has 1 aliphatic heterocycles. The van der Waals surface area contributed by atoms with Gasteiger partial charge in [-0.2, -0.15) is 0 Å². The first kappa shape index (κ1) is 13.7. The minimum absolute atomic E-state index is 0.0206.